The first-order valence-corrected chi connectivity index (χ1v) is 6.09. The van der Waals surface area contributed by atoms with E-state index in [1.165, 1.54) is 0 Å². The average Bonchev–Trinajstić information content (AvgIpc) is 2.77. The minimum Gasteiger partial charge on any atom is -0.383 e. The van der Waals surface area contributed by atoms with Crippen LogP contribution in [0.15, 0.2) is 18.6 Å². The summed E-state index contributed by atoms with van der Waals surface area (Å²) in [5.74, 6) is 1.17. The van der Waals surface area contributed by atoms with Gasteiger partial charge in [0.2, 0.25) is 0 Å². The lowest BCUT2D eigenvalue weighted by Gasteiger charge is -2.18. The molecule has 1 unspecified atom stereocenters. The highest BCUT2D eigenvalue weighted by Crippen LogP contribution is 2.16. The van der Waals surface area contributed by atoms with E-state index in [1.807, 2.05) is 10.6 Å². The summed E-state index contributed by atoms with van der Waals surface area (Å²) >= 11 is 0. The Kier molecular flexibility index (Phi) is 3.99. The molecule has 0 aliphatic heterocycles. The van der Waals surface area contributed by atoms with Gasteiger partial charge in [0.1, 0.15) is 5.82 Å². The third kappa shape index (κ3) is 2.70. The highest BCUT2D eigenvalue weighted by molar-refractivity contribution is 5.65. The number of nitrogens with two attached hydrogens (primary N) is 1. The van der Waals surface area contributed by atoms with Crippen molar-refractivity contribution in [1.82, 2.24) is 14.4 Å². The lowest BCUT2D eigenvalue weighted by molar-refractivity contribution is 0.182. The van der Waals surface area contributed by atoms with Crippen molar-refractivity contribution in [3.63, 3.8) is 0 Å². The van der Waals surface area contributed by atoms with Crippen LogP contribution < -0.4 is 11.1 Å². The molecule has 0 aliphatic rings. The van der Waals surface area contributed by atoms with E-state index in [4.69, 9.17) is 10.5 Å². The van der Waals surface area contributed by atoms with Crippen LogP contribution in [0.5, 0.6) is 0 Å². The molecule has 2 aromatic heterocycles. The quantitative estimate of drug-likeness (QED) is 0.812. The molecule has 0 bridgehead atoms. The van der Waals surface area contributed by atoms with E-state index in [0.717, 1.165) is 18.5 Å². The number of nitrogen functional groups attached to an aromatic ring is 1. The minimum absolute atomic E-state index is 0.217. The van der Waals surface area contributed by atoms with Crippen molar-refractivity contribution in [3.05, 3.63) is 18.6 Å². The molecule has 18 heavy (non-hydrogen) atoms. The molecule has 0 spiro atoms. The predicted octanol–water partition coefficient (Wildman–Crippen LogP) is 1.54. The van der Waals surface area contributed by atoms with Crippen molar-refractivity contribution in [1.29, 1.82) is 0 Å². The summed E-state index contributed by atoms with van der Waals surface area (Å²) in [4.78, 5) is 8.58. The number of aromatic nitrogens is 3. The number of nitrogens with zero attached hydrogens (tertiary/aromatic N) is 3. The second-order valence-electron chi connectivity index (χ2n) is 4.26. The molecule has 0 saturated carbocycles. The topological polar surface area (TPSA) is 77.5 Å². The Morgan fingerprint density at radius 2 is 2.39 bits per heavy atom. The van der Waals surface area contributed by atoms with Crippen LogP contribution in [-0.4, -0.2) is 34.1 Å². The minimum atomic E-state index is 0.217. The smallest absolute Gasteiger partial charge is 0.180 e. The Balaban J connectivity index is 2.26. The summed E-state index contributed by atoms with van der Waals surface area (Å²) in [7, 11) is 1.70. The van der Waals surface area contributed by atoms with Gasteiger partial charge in [-0.05, 0) is 6.42 Å². The van der Waals surface area contributed by atoms with Gasteiger partial charge in [0.05, 0.1) is 18.8 Å². The Hall–Kier alpha value is -1.82. The first kappa shape index (κ1) is 12.6. The van der Waals surface area contributed by atoms with Gasteiger partial charge in [-0.2, -0.15) is 0 Å². The predicted molar refractivity (Wildman–Crippen MR) is 71.6 cm³/mol. The van der Waals surface area contributed by atoms with Crippen molar-refractivity contribution in [2.24, 2.45) is 0 Å². The van der Waals surface area contributed by atoms with Crippen molar-refractivity contribution in [2.75, 3.05) is 24.8 Å². The van der Waals surface area contributed by atoms with Gasteiger partial charge in [0.15, 0.2) is 11.5 Å². The molecule has 2 heterocycles. The molecule has 3 N–H and O–H groups in total. The lowest BCUT2D eigenvalue weighted by Crippen LogP contribution is -2.25. The maximum atomic E-state index is 5.78. The van der Waals surface area contributed by atoms with E-state index in [0.29, 0.717) is 18.2 Å². The molecule has 1 atom stereocenters. The Labute approximate surface area is 106 Å². The van der Waals surface area contributed by atoms with Gasteiger partial charge < -0.3 is 20.2 Å². The number of fused-ring (bicyclic) bond motifs is 1. The second-order valence-corrected chi connectivity index (χ2v) is 4.26. The zero-order chi connectivity index (χ0) is 13.0. The molecule has 2 aromatic rings. The summed E-state index contributed by atoms with van der Waals surface area (Å²) < 4.78 is 7.07. The molecular formula is C12H19N5O. The van der Waals surface area contributed by atoms with E-state index in [1.54, 1.807) is 19.5 Å². The fourth-order valence-electron chi connectivity index (χ4n) is 1.99. The number of nitrogens with one attached hydrogen (secondary N) is 1. The highest BCUT2D eigenvalue weighted by Gasteiger charge is 2.12. The van der Waals surface area contributed by atoms with Gasteiger partial charge in [-0.3, -0.25) is 0 Å². The van der Waals surface area contributed by atoms with Crippen LogP contribution in [0.25, 0.3) is 5.65 Å². The number of imidazole rings is 1. The SMILES string of the molecule is CCCC(COC)Nc1nc(N)cn2ccnc12. The maximum absolute atomic E-state index is 5.78. The van der Waals surface area contributed by atoms with E-state index >= 15 is 0 Å². The van der Waals surface area contributed by atoms with E-state index in [2.05, 4.69) is 22.2 Å². The number of methoxy groups -OCH3 is 1. The first-order valence-electron chi connectivity index (χ1n) is 6.09. The summed E-state index contributed by atoms with van der Waals surface area (Å²) in [6.45, 7) is 2.78. The van der Waals surface area contributed by atoms with Gasteiger partial charge in [-0.25, -0.2) is 9.97 Å². The number of rotatable bonds is 6. The zero-order valence-electron chi connectivity index (χ0n) is 10.8. The normalized spacial score (nSPS) is 12.8. The Morgan fingerprint density at radius 3 is 3.11 bits per heavy atom. The van der Waals surface area contributed by atoms with Gasteiger partial charge in [0, 0.05) is 19.5 Å². The number of ether oxygens (including phenoxy) is 1. The highest BCUT2D eigenvalue weighted by atomic mass is 16.5. The van der Waals surface area contributed by atoms with Gasteiger partial charge in [-0.15, -0.1) is 0 Å². The van der Waals surface area contributed by atoms with Gasteiger partial charge >= 0.3 is 0 Å². The fraction of sp³-hybridized carbons (Fsp3) is 0.500. The van der Waals surface area contributed by atoms with Crippen LogP contribution in [0, 0.1) is 0 Å². The molecule has 6 heteroatoms. The van der Waals surface area contributed by atoms with Crippen LogP contribution in [0.3, 0.4) is 0 Å². The molecule has 2 rings (SSSR count). The van der Waals surface area contributed by atoms with Gasteiger partial charge in [-0.1, -0.05) is 13.3 Å². The number of hydrogen-bond acceptors (Lipinski definition) is 5. The average molecular weight is 249 g/mol. The summed E-state index contributed by atoms with van der Waals surface area (Å²) in [6, 6.07) is 0.217. The maximum Gasteiger partial charge on any atom is 0.180 e. The molecule has 0 fully saturated rings. The molecule has 0 saturated heterocycles. The molecule has 0 radical (unpaired) electrons. The summed E-state index contributed by atoms with van der Waals surface area (Å²) in [5, 5.41) is 3.35. The monoisotopic (exact) mass is 249 g/mol. The largest absolute Gasteiger partial charge is 0.383 e. The van der Waals surface area contributed by atoms with Gasteiger partial charge in [0.25, 0.3) is 0 Å². The Bertz CT molecular complexity index is 504. The van der Waals surface area contributed by atoms with Crippen LogP contribution in [0.1, 0.15) is 19.8 Å². The Morgan fingerprint density at radius 1 is 1.56 bits per heavy atom. The van der Waals surface area contributed by atoms with Crippen molar-refractivity contribution in [2.45, 2.75) is 25.8 Å². The molecule has 6 nitrogen and oxygen atoms in total. The standard InChI is InChI=1S/C12H19N5O/c1-3-4-9(8-18-2)15-11-12-14-5-6-17(12)7-10(13)16-11/h5-7,9H,3-4,8,13H2,1-2H3,(H,15,16). The summed E-state index contributed by atoms with van der Waals surface area (Å²) in [5.41, 5.74) is 6.56. The third-order valence-corrected chi connectivity index (χ3v) is 2.74. The zero-order valence-corrected chi connectivity index (χ0v) is 10.8. The lowest BCUT2D eigenvalue weighted by atomic mass is 10.2. The molecule has 0 amide bonds. The van der Waals surface area contributed by atoms with E-state index in [-0.39, 0.29) is 6.04 Å². The van der Waals surface area contributed by atoms with E-state index < -0.39 is 0 Å². The molecule has 0 aliphatic carbocycles. The fourth-order valence-corrected chi connectivity index (χ4v) is 1.99. The molecule has 0 aromatic carbocycles. The molecule has 98 valence electrons. The van der Waals surface area contributed by atoms with Crippen molar-refractivity contribution < 1.29 is 4.74 Å². The van der Waals surface area contributed by atoms with Crippen LogP contribution in [0.2, 0.25) is 0 Å². The third-order valence-electron chi connectivity index (χ3n) is 2.74. The van der Waals surface area contributed by atoms with Crippen LogP contribution in [-0.2, 0) is 4.74 Å². The van der Waals surface area contributed by atoms with Crippen LogP contribution in [0.4, 0.5) is 11.6 Å². The molecular weight excluding hydrogens is 230 g/mol. The first-order chi connectivity index (χ1) is 8.74. The summed E-state index contributed by atoms with van der Waals surface area (Å²) in [6.07, 6.45) is 7.42. The van der Waals surface area contributed by atoms with Crippen molar-refractivity contribution >= 4 is 17.3 Å². The van der Waals surface area contributed by atoms with Crippen LogP contribution >= 0.6 is 0 Å². The second kappa shape index (κ2) is 5.68. The number of anilines is 2. The van der Waals surface area contributed by atoms with E-state index in [9.17, 15) is 0 Å². The van der Waals surface area contributed by atoms with Crippen molar-refractivity contribution in [3.8, 4) is 0 Å². The number of hydrogen-bond donors (Lipinski definition) is 2.